The van der Waals surface area contributed by atoms with Crippen LogP contribution in [0.1, 0.15) is 29.5 Å². The first kappa shape index (κ1) is 14.9. The summed E-state index contributed by atoms with van der Waals surface area (Å²) in [4.78, 5) is 12.0. The number of hydrogen-bond acceptors (Lipinski definition) is 3. The molecule has 0 aliphatic rings. The zero-order chi connectivity index (χ0) is 13.5. The van der Waals surface area contributed by atoms with Gasteiger partial charge in [0.1, 0.15) is 0 Å². The molecule has 0 aromatic heterocycles. The highest BCUT2D eigenvalue weighted by Gasteiger charge is 2.13. The zero-order valence-corrected chi connectivity index (χ0v) is 11.5. The van der Waals surface area contributed by atoms with E-state index in [9.17, 15) is 4.79 Å². The lowest BCUT2D eigenvalue weighted by atomic mass is 9.98. The number of benzene rings is 1. The summed E-state index contributed by atoms with van der Waals surface area (Å²) < 4.78 is 4.95. The first-order chi connectivity index (χ1) is 8.52. The van der Waals surface area contributed by atoms with Crippen molar-refractivity contribution < 1.29 is 9.53 Å². The molecule has 0 spiro atoms. The Balaban J connectivity index is 2.52. The topological polar surface area (TPSA) is 52.3 Å². The molecule has 0 aliphatic heterocycles. The van der Waals surface area contributed by atoms with Gasteiger partial charge in [-0.3, -0.25) is 4.79 Å². The average molecular weight is 249 g/mol. The van der Waals surface area contributed by atoms with Gasteiger partial charge in [-0.25, -0.2) is 0 Å². The number of ether oxygens (including phenoxy) is 1. The summed E-state index contributed by atoms with van der Waals surface area (Å²) in [5.41, 5.74) is 9.30. The van der Waals surface area contributed by atoms with Gasteiger partial charge >= 0.3 is 0 Å². The van der Waals surface area contributed by atoms with Gasteiger partial charge in [0, 0.05) is 20.1 Å². The maximum absolute atomic E-state index is 12.0. The lowest BCUT2D eigenvalue weighted by Gasteiger charge is -2.11. The van der Waals surface area contributed by atoms with Crippen molar-refractivity contribution in [1.29, 1.82) is 0 Å². The van der Waals surface area contributed by atoms with E-state index in [0.29, 0.717) is 19.4 Å². The number of hydrogen-bond donors (Lipinski definition) is 1. The molecule has 2 N–H and O–H groups in total. The molecule has 0 bridgehead atoms. The Labute approximate surface area is 109 Å². The van der Waals surface area contributed by atoms with Crippen molar-refractivity contribution in [1.82, 2.24) is 0 Å². The molecule has 18 heavy (non-hydrogen) atoms. The molecule has 3 heteroatoms. The minimum absolute atomic E-state index is 0.108. The van der Waals surface area contributed by atoms with Crippen molar-refractivity contribution in [2.45, 2.75) is 39.2 Å². The highest BCUT2D eigenvalue weighted by molar-refractivity contribution is 5.85. The zero-order valence-electron chi connectivity index (χ0n) is 11.5. The SMILES string of the molecule is COCCCC(N)C(=O)Cc1cc(C)cc(C)c1. The number of aryl methyl sites for hydroxylation is 2. The average Bonchev–Trinajstić information content (AvgIpc) is 2.27. The van der Waals surface area contributed by atoms with E-state index in [1.165, 1.54) is 11.1 Å². The molecule has 0 heterocycles. The van der Waals surface area contributed by atoms with Gasteiger partial charge in [0.15, 0.2) is 5.78 Å². The Morgan fingerprint density at radius 2 is 1.89 bits per heavy atom. The van der Waals surface area contributed by atoms with E-state index in [1.54, 1.807) is 7.11 Å². The van der Waals surface area contributed by atoms with Crippen molar-refractivity contribution in [2.75, 3.05) is 13.7 Å². The summed E-state index contributed by atoms with van der Waals surface area (Å²) in [5.74, 6) is 0.108. The highest BCUT2D eigenvalue weighted by atomic mass is 16.5. The molecule has 1 rings (SSSR count). The summed E-state index contributed by atoms with van der Waals surface area (Å²) in [6.45, 7) is 4.74. The summed E-state index contributed by atoms with van der Waals surface area (Å²) in [6.07, 6.45) is 1.95. The number of carbonyl (C=O) groups excluding carboxylic acids is 1. The van der Waals surface area contributed by atoms with Crippen LogP contribution in [-0.4, -0.2) is 25.5 Å². The normalized spacial score (nSPS) is 12.4. The fraction of sp³-hybridized carbons (Fsp3) is 0.533. The summed E-state index contributed by atoms with van der Waals surface area (Å²) >= 11 is 0. The number of carbonyl (C=O) groups is 1. The fourth-order valence-electron chi connectivity index (χ4n) is 2.11. The van der Waals surface area contributed by atoms with Crippen LogP contribution in [-0.2, 0) is 16.0 Å². The van der Waals surface area contributed by atoms with Gasteiger partial charge in [-0.15, -0.1) is 0 Å². The van der Waals surface area contributed by atoms with Crippen molar-refractivity contribution in [2.24, 2.45) is 5.73 Å². The van der Waals surface area contributed by atoms with E-state index in [2.05, 4.69) is 6.07 Å². The first-order valence-electron chi connectivity index (χ1n) is 6.37. The van der Waals surface area contributed by atoms with Crippen LogP contribution < -0.4 is 5.73 Å². The van der Waals surface area contributed by atoms with Gasteiger partial charge in [-0.1, -0.05) is 29.3 Å². The van der Waals surface area contributed by atoms with Crippen molar-refractivity contribution in [3.8, 4) is 0 Å². The predicted octanol–water partition coefficient (Wildman–Crippen LogP) is 2.17. The molecule has 0 fully saturated rings. The van der Waals surface area contributed by atoms with Crippen LogP contribution >= 0.6 is 0 Å². The third-order valence-corrected chi connectivity index (χ3v) is 2.94. The van der Waals surface area contributed by atoms with E-state index in [4.69, 9.17) is 10.5 Å². The number of ketones is 1. The van der Waals surface area contributed by atoms with E-state index in [0.717, 1.165) is 12.0 Å². The number of rotatable bonds is 7. The lowest BCUT2D eigenvalue weighted by Crippen LogP contribution is -2.32. The maximum Gasteiger partial charge on any atom is 0.153 e. The number of methoxy groups -OCH3 is 1. The van der Waals surface area contributed by atoms with Gasteiger partial charge in [-0.05, 0) is 32.3 Å². The molecule has 0 saturated carbocycles. The molecule has 1 unspecified atom stereocenters. The second-order valence-corrected chi connectivity index (χ2v) is 4.88. The Bertz CT molecular complexity index is 381. The number of nitrogens with two attached hydrogens (primary N) is 1. The molecule has 1 aromatic rings. The van der Waals surface area contributed by atoms with E-state index in [1.807, 2.05) is 26.0 Å². The molecule has 0 aliphatic carbocycles. The standard InChI is InChI=1S/C15H23NO2/c1-11-7-12(2)9-13(8-11)10-15(17)14(16)5-4-6-18-3/h7-9,14H,4-6,10,16H2,1-3H3. The molecule has 1 aromatic carbocycles. The minimum atomic E-state index is -0.374. The van der Waals surface area contributed by atoms with Gasteiger partial charge in [-0.2, -0.15) is 0 Å². The van der Waals surface area contributed by atoms with Gasteiger partial charge in [0.2, 0.25) is 0 Å². The summed E-state index contributed by atoms with van der Waals surface area (Å²) in [5, 5.41) is 0. The molecule has 100 valence electrons. The summed E-state index contributed by atoms with van der Waals surface area (Å²) in [6, 6.07) is 5.83. The van der Waals surface area contributed by atoms with Crippen molar-refractivity contribution in [3.63, 3.8) is 0 Å². The maximum atomic E-state index is 12.0. The lowest BCUT2D eigenvalue weighted by molar-refractivity contribution is -0.119. The van der Waals surface area contributed by atoms with Gasteiger partial charge in [0.05, 0.1) is 6.04 Å². The van der Waals surface area contributed by atoms with E-state index in [-0.39, 0.29) is 11.8 Å². The Morgan fingerprint density at radius 1 is 1.28 bits per heavy atom. The van der Waals surface area contributed by atoms with Crippen LogP contribution in [0.4, 0.5) is 0 Å². The molecule has 0 amide bonds. The second-order valence-electron chi connectivity index (χ2n) is 4.88. The quantitative estimate of drug-likeness (QED) is 0.753. The Hall–Kier alpha value is -1.19. The second kappa shape index (κ2) is 7.29. The predicted molar refractivity (Wildman–Crippen MR) is 73.7 cm³/mol. The van der Waals surface area contributed by atoms with Crippen molar-refractivity contribution >= 4 is 5.78 Å². The minimum Gasteiger partial charge on any atom is -0.385 e. The van der Waals surface area contributed by atoms with Gasteiger partial charge in [0.25, 0.3) is 0 Å². The molecule has 0 saturated heterocycles. The van der Waals surface area contributed by atoms with Crippen LogP contribution in [0.3, 0.4) is 0 Å². The molecular formula is C15H23NO2. The largest absolute Gasteiger partial charge is 0.385 e. The Morgan fingerprint density at radius 3 is 2.44 bits per heavy atom. The first-order valence-corrected chi connectivity index (χ1v) is 6.37. The van der Waals surface area contributed by atoms with Gasteiger partial charge < -0.3 is 10.5 Å². The van der Waals surface area contributed by atoms with Crippen molar-refractivity contribution in [3.05, 3.63) is 34.9 Å². The van der Waals surface area contributed by atoms with Crippen LogP contribution in [0.5, 0.6) is 0 Å². The highest BCUT2D eigenvalue weighted by Crippen LogP contribution is 2.11. The Kier molecular flexibility index (Phi) is 6.02. The number of Topliss-reactive ketones (excluding diaryl/α,β-unsaturated/α-hetero) is 1. The fourth-order valence-corrected chi connectivity index (χ4v) is 2.11. The smallest absolute Gasteiger partial charge is 0.153 e. The van der Waals surface area contributed by atoms with Crippen LogP contribution in [0, 0.1) is 13.8 Å². The summed E-state index contributed by atoms with van der Waals surface area (Å²) in [7, 11) is 1.66. The van der Waals surface area contributed by atoms with E-state index >= 15 is 0 Å². The molecular weight excluding hydrogens is 226 g/mol. The third kappa shape index (κ3) is 4.98. The third-order valence-electron chi connectivity index (χ3n) is 2.94. The molecule has 1 atom stereocenters. The monoisotopic (exact) mass is 249 g/mol. The van der Waals surface area contributed by atoms with E-state index < -0.39 is 0 Å². The van der Waals surface area contributed by atoms with Crippen LogP contribution in [0.15, 0.2) is 18.2 Å². The van der Waals surface area contributed by atoms with Crippen LogP contribution in [0.2, 0.25) is 0 Å². The molecule has 0 radical (unpaired) electrons. The van der Waals surface area contributed by atoms with Crippen LogP contribution in [0.25, 0.3) is 0 Å². The molecule has 3 nitrogen and oxygen atoms in total.